The lowest BCUT2D eigenvalue weighted by molar-refractivity contribution is -0.125. The molecule has 0 atom stereocenters. The Hall–Kier alpha value is -1.88. The molecular weight excluding hydrogens is 280 g/mol. The Kier molecular flexibility index (Phi) is 5.55. The van der Waals surface area contributed by atoms with Crippen molar-refractivity contribution in [3.63, 3.8) is 0 Å². The van der Waals surface area contributed by atoms with Crippen molar-refractivity contribution in [3.8, 4) is 0 Å². The summed E-state index contributed by atoms with van der Waals surface area (Å²) in [5.74, 6) is -0.595. The van der Waals surface area contributed by atoms with Gasteiger partial charge in [-0.2, -0.15) is 0 Å². The summed E-state index contributed by atoms with van der Waals surface area (Å²) in [7, 11) is 0. The van der Waals surface area contributed by atoms with Gasteiger partial charge in [0.15, 0.2) is 0 Å². The van der Waals surface area contributed by atoms with Crippen molar-refractivity contribution in [3.05, 3.63) is 30.3 Å². The first kappa shape index (κ1) is 16.5. The number of hydrogen-bond donors (Lipinski definition) is 2. The monoisotopic (exact) mass is 304 g/mol. The van der Waals surface area contributed by atoms with Crippen LogP contribution in [0.2, 0.25) is 0 Å². The molecule has 3 N–H and O–H groups in total. The van der Waals surface area contributed by atoms with E-state index in [2.05, 4.69) is 0 Å². The molecule has 2 rings (SSSR count). The molecule has 0 unspecified atom stereocenters. The van der Waals surface area contributed by atoms with Crippen molar-refractivity contribution in [1.82, 2.24) is 0 Å². The Morgan fingerprint density at radius 2 is 1.77 bits per heavy atom. The van der Waals surface area contributed by atoms with E-state index in [4.69, 9.17) is 5.73 Å². The number of rotatable bonds is 6. The van der Waals surface area contributed by atoms with Crippen LogP contribution in [0.5, 0.6) is 0 Å². The molecule has 0 aliphatic heterocycles. The van der Waals surface area contributed by atoms with Gasteiger partial charge in [-0.15, -0.1) is 0 Å². The minimum Gasteiger partial charge on any atom is -0.389 e. The number of carbonyl (C=O) groups excluding carboxylic acids is 2. The van der Waals surface area contributed by atoms with Crippen LogP contribution < -0.4 is 10.6 Å². The second kappa shape index (κ2) is 7.40. The maximum absolute atomic E-state index is 12.6. The molecule has 0 bridgehead atoms. The fraction of sp³-hybridized carbons (Fsp3) is 0.529. The Morgan fingerprint density at radius 1 is 1.14 bits per heavy atom. The summed E-state index contributed by atoms with van der Waals surface area (Å²) in [6, 6.07) is 9.20. The molecule has 5 nitrogen and oxygen atoms in total. The highest BCUT2D eigenvalue weighted by Gasteiger charge is 2.33. The van der Waals surface area contributed by atoms with Gasteiger partial charge < -0.3 is 15.7 Å². The predicted molar refractivity (Wildman–Crippen MR) is 85.3 cm³/mol. The fourth-order valence-corrected chi connectivity index (χ4v) is 2.99. The first-order valence-corrected chi connectivity index (χ1v) is 7.86. The molecule has 22 heavy (non-hydrogen) atoms. The normalized spacial score (nSPS) is 17.0. The van der Waals surface area contributed by atoms with E-state index >= 15 is 0 Å². The third-order valence-electron chi connectivity index (χ3n) is 4.22. The second-order valence-corrected chi connectivity index (χ2v) is 6.06. The number of hydrogen-bond acceptors (Lipinski definition) is 3. The molecule has 0 saturated heterocycles. The third kappa shape index (κ3) is 4.56. The molecule has 1 aromatic rings. The topological polar surface area (TPSA) is 83.6 Å². The summed E-state index contributed by atoms with van der Waals surface area (Å²) in [6.07, 6.45) is 4.56. The van der Waals surface area contributed by atoms with Crippen LogP contribution in [0, 0.1) is 0 Å². The first-order chi connectivity index (χ1) is 10.5. The van der Waals surface area contributed by atoms with Gasteiger partial charge in [0.1, 0.15) is 0 Å². The molecule has 2 amide bonds. The van der Waals surface area contributed by atoms with E-state index in [1.165, 1.54) is 0 Å². The van der Waals surface area contributed by atoms with Gasteiger partial charge in [0.25, 0.3) is 0 Å². The Labute approximate surface area is 131 Å². The van der Waals surface area contributed by atoms with Crippen molar-refractivity contribution >= 4 is 17.5 Å². The van der Waals surface area contributed by atoms with Crippen molar-refractivity contribution in [2.75, 3.05) is 11.4 Å². The number of amides is 2. The number of anilines is 1. The quantitative estimate of drug-likeness (QED) is 0.843. The molecule has 1 fully saturated rings. The van der Waals surface area contributed by atoms with Crippen LogP contribution in [0.15, 0.2) is 30.3 Å². The lowest BCUT2D eigenvalue weighted by Crippen LogP contribution is -2.41. The minimum absolute atomic E-state index is 0.0979. The lowest BCUT2D eigenvalue weighted by Gasteiger charge is -2.33. The highest BCUT2D eigenvalue weighted by atomic mass is 16.3. The van der Waals surface area contributed by atoms with Crippen molar-refractivity contribution in [2.45, 2.75) is 50.5 Å². The lowest BCUT2D eigenvalue weighted by atomic mass is 9.82. The molecule has 1 aliphatic carbocycles. The van der Waals surface area contributed by atoms with Crippen LogP contribution >= 0.6 is 0 Å². The summed E-state index contributed by atoms with van der Waals surface area (Å²) >= 11 is 0. The number of primary amides is 1. The number of benzene rings is 1. The minimum atomic E-state index is -0.908. The van der Waals surface area contributed by atoms with Crippen LogP contribution in [-0.2, 0) is 9.59 Å². The van der Waals surface area contributed by atoms with Crippen LogP contribution in [0.1, 0.15) is 44.9 Å². The number of aliphatic hydroxyl groups is 1. The van der Waals surface area contributed by atoms with Crippen molar-refractivity contribution in [1.29, 1.82) is 0 Å². The summed E-state index contributed by atoms with van der Waals surface area (Å²) in [4.78, 5) is 25.2. The summed E-state index contributed by atoms with van der Waals surface area (Å²) in [5.41, 5.74) is 5.03. The zero-order valence-corrected chi connectivity index (χ0v) is 12.8. The molecule has 0 spiro atoms. The van der Waals surface area contributed by atoms with Gasteiger partial charge in [-0.05, 0) is 25.0 Å². The first-order valence-electron chi connectivity index (χ1n) is 7.86. The van der Waals surface area contributed by atoms with Crippen LogP contribution in [-0.4, -0.2) is 29.1 Å². The van der Waals surface area contributed by atoms with Crippen molar-refractivity contribution in [2.24, 2.45) is 5.73 Å². The molecule has 1 aromatic carbocycles. The molecule has 0 heterocycles. The van der Waals surface area contributed by atoms with Gasteiger partial charge in [-0.25, -0.2) is 0 Å². The van der Waals surface area contributed by atoms with Crippen LogP contribution in [0.25, 0.3) is 0 Å². The average Bonchev–Trinajstić information content (AvgIpc) is 2.48. The van der Waals surface area contributed by atoms with E-state index in [-0.39, 0.29) is 25.3 Å². The third-order valence-corrected chi connectivity index (χ3v) is 4.22. The zero-order valence-electron chi connectivity index (χ0n) is 12.8. The van der Waals surface area contributed by atoms with E-state index in [0.29, 0.717) is 12.8 Å². The molecule has 1 aliphatic rings. The van der Waals surface area contributed by atoms with E-state index in [0.717, 1.165) is 24.9 Å². The maximum atomic E-state index is 12.6. The molecule has 1 saturated carbocycles. The second-order valence-electron chi connectivity index (χ2n) is 6.06. The van der Waals surface area contributed by atoms with E-state index in [9.17, 15) is 14.7 Å². The highest BCUT2D eigenvalue weighted by molar-refractivity contribution is 5.94. The van der Waals surface area contributed by atoms with E-state index in [1.54, 1.807) is 4.90 Å². The SMILES string of the molecule is NC(=O)CCN(C(=O)CC1(O)CCCCC1)c1ccccc1. The molecule has 120 valence electrons. The number of nitrogens with two attached hydrogens (primary N) is 1. The largest absolute Gasteiger partial charge is 0.389 e. The Bertz CT molecular complexity index is 510. The number of para-hydroxylation sites is 1. The average molecular weight is 304 g/mol. The van der Waals surface area contributed by atoms with Gasteiger partial charge in [0, 0.05) is 18.7 Å². The molecular formula is C17H24N2O3. The zero-order chi connectivity index (χ0) is 16.0. The van der Waals surface area contributed by atoms with Gasteiger partial charge in [0.05, 0.1) is 12.0 Å². The Balaban J connectivity index is 2.09. The smallest absolute Gasteiger partial charge is 0.229 e. The Morgan fingerprint density at radius 3 is 2.36 bits per heavy atom. The van der Waals surface area contributed by atoms with E-state index in [1.807, 2.05) is 30.3 Å². The standard InChI is InChI=1S/C17H24N2O3/c18-15(20)9-12-19(14-7-3-1-4-8-14)16(21)13-17(22)10-5-2-6-11-17/h1,3-4,7-8,22H,2,5-6,9-13H2,(H2,18,20). The maximum Gasteiger partial charge on any atom is 0.229 e. The highest BCUT2D eigenvalue weighted by Crippen LogP contribution is 2.32. The van der Waals surface area contributed by atoms with Gasteiger partial charge >= 0.3 is 0 Å². The number of nitrogens with zero attached hydrogens (tertiary/aromatic N) is 1. The molecule has 5 heteroatoms. The van der Waals surface area contributed by atoms with Crippen LogP contribution in [0.3, 0.4) is 0 Å². The fourth-order valence-electron chi connectivity index (χ4n) is 2.99. The van der Waals surface area contributed by atoms with Gasteiger partial charge in [-0.1, -0.05) is 37.5 Å². The predicted octanol–water partition coefficient (Wildman–Crippen LogP) is 1.98. The number of carbonyl (C=O) groups is 2. The van der Waals surface area contributed by atoms with Crippen molar-refractivity contribution < 1.29 is 14.7 Å². The van der Waals surface area contributed by atoms with Gasteiger partial charge in [-0.3, -0.25) is 9.59 Å². The summed E-state index contributed by atoms with van der Waals surface area (Å²) < 4.78 is 0. The molecule has 0 aromatic heterocycles. The van der Waals surface area contributed by atoms with Crippen LogP contribution in [0.4, 0.5) is 5.69 Å². The summed E-state index contributed by atoms with van der Waals surface area (Å²) in [5, 5.41) is 10.6. The van der Waals surface area contributed by atoms with Gasteiger partial charge in [0.2, 0.25) is 11.8 Å². The van der Waals surface area contributed by atoms with E-state index < -0.39 is 11.5 Å². The molecule has 0 radical (unpaired) electrons. The summed E-state index contributed by atoms with van der Waals surface area (Å²) in [6.45, 7) is 0.244.